The van der Waals surface area contributed by atoms with Gasteiger partial charge in [-0.25, -0.2) is 0 Å². The normalized spacial score (nSPS) is 8.92. The molecule has 13 heavy (non-hydrogen) atoms. The van der Waals surface area contributed by atoms with Crippen LogP contribution in [0.1, 0.15) is 10.4 Å². The highest BCUT2D eigenvalue weighted by Gasteiger charge is 2.13. The average molecular weight is 198 g/mol. The molecule has 0 bridgehead atoms. The highest BCUT2D eigenvalue weighted by Crippen LogP contribution is 2.22. The molecule has 0 aliphatic rings. The van der Waals surface area contributed by atoms with Gasteiger partial charge in [-0.15, -0.1) is 0 Å². The van der Waals surface area contributed by atoms with Crippen LogP contribution >= 0.6 is 11.3 Å². The van der Waals surface area contributed by atoms with Crippen LogP contribution in [0.2, 0.25) is 0 Å². The maximum Gasteiger partial charge on any atom is 0.324 e. The lowest BCUT2D eigenvalue weighted by Crippen LogP contribution is -1.89. The Labute approximate surface area is 75.4 Å². The van der Waals surface area contributed by atoms with Gasteiger partial charge in [0.1, 0.15) is 0 Å². The van der Waals surface area contributed by atoms with E-state index < -0.39 is 10.8 Å². The van der Waals surface area contributed by atoms with E-state index in [0.29, 0.717) is 0 Å². The number of amides is 1. The molecule has 1 aromatic rings. The third kappa shape index (κ3) is 2.01. The summed E-state index contributed by atoms with van der Waals surface area (Å²) in [6.45, 7) is 0. The summed E-state index contributed by atoms with van der Waals surface area (Å²) in [6, 6.07) is 1.07. The molecule has 0 N–H and O–H groups in total. The van der Waals surface area contributed by atoms with Crippen LogP contribution in [0.25, 0.3) is 10.4 Å². The minimum Gasteiger partial charge on any atom is -0.287 e. The molecular formula is C5H2N4O3S. The summed E-state index contributed by atoms with van der Waals surface area (Å²) in [5.41, 5.74) is 7.96. The first-order valence-electron chi connectivity index (χ1n) is 2.97. The Hall–Kier alpha value is -1.92. The first-order valence-corrected chi connectivity index (χ1v) is 3.85. The fourth-order valence-corrected chi connectivity index (χ4v) is 1.33. The first-order chi connectivity index (χ1) is 6.15. The minimum atomic E-state index is -0.813. The molecule has 0 radical (unpaired) electrons. The number of carbonyl (C=O) groups excluding carboxylic acids is 1. The van der Waals surface area contributed by atoms with Crippen molar-refractivity contribution in [3.05, 3.63) is 37.6 Å². The van der Waals surface area contributed by atoms with Crippen molar-refractivity contribution >= 4 is 22.2 Å². The van der Waals surface area contributed by atoms with Gasteiger partial charge in [-0.1, -0.05) is 11.3 Å². The SMILES string of the molecule is [N-]=[N+]=NC(=O)c1csc([N+](=O)[O-])c1. The van der Waals surface area contributed by atoms with Gasteiger partial charge in [0.2, 0.25) is 5.91 Å². The first kappa shape index (κ1) is 9.17. The second-order valence-corrected chi connectivity index (χ2v) is 2.82. The van der Waals surface area contributed by atoms with Crippen molar-refractivity contribution in [1.82, 2.24) is 0 Å². The Kier molecular flexibility index (Phi) is 2.58. The van der Waals surface area contributed by atoms with Gasteiger partial charge in [-0.05, 0) is 10.6 Å². The Morgan fingerprint density at radius 3 is 2.92 bits per heavy atom. The molecule has 0 saturated heterocycles. The van der Waals surface area contributed by atoms with Crippen LogP contribution in [0.15, 0.2) is 16.6 Å². The zero-order valence-electron chi connectivity index (χ0n) is 6.08. The second-order valence-electron chi connectivity index (χ2n) is 1.93. The lowest BCUT2D eigenvalue weighted by atomic mass is 10.3. The Morgan fingerprint density at radius 2 is 2.46 bits per heavy atom. The summed E-state index contributed by atoms with van der Waals surface area (Å²) >= 11 is 0.809. The summed E-state index contributed by atoms with van der Waals surface area (Å²) in [5.74, 6) is -0.813. The Morgan fingerprint density at radius 1 is 1.77 bits per heavy atom. The second kappa shape index (κ2) is 3.65. The molecule has 1 rings (SSSR count). The number of rotatable bonds is 2. The van der Waals surface area contributed by atoms with Gasteiger partial charge in [0.25, 0.3) is 0 Å². The number of hydrogen-bond acceptors (Lipinski definition) is 4. The quantitative estimate of drug-likeness (QED) is 0.238. The molecule has 1 amide bonds. The summed E-state index contributed by atoms with van der Waals surface area (Å²) in [4.78, 5) is 22.7. The zero-order valence-corrected chi connectivity index (χ0v) is 6.89. The van der Waals surface area contributed by atoms with Crippen LogP contribution in [0.5, 0.6) is 0 Å². The molecule has 0 atom stereocenters. The molecule has 1 aromatic heterocycles. The predicted octanol–water partition coefficient (Wildman–Crippen LogP) is 2.11. The highest BCUT2D eigenvalue weighted by molar-refractivity contribution is 7.13. The molecule has 0 aliphatic carbocycles. The molecule has 0 saturated carbocycles. The molecule has 0 spiro atoms. The van der Waals surface area contributed by atoms with Gasteiger partial charge in [-0.3, -0.25) is 14.9 Å². The fraction of sp³-hybridized carbons (Fsp3) is 0. The molecule has 7 nitrogen and oxygen atoms in total. The van der Waals surface area contributed by atoms with Crippen molar-refractivity contribution in [2.75, 3.05) is 0 Å². The zero-order chi connectivity index (χ0) is 9.84. The Bertz CT molecular complexity index is 406. The minimum absolute atomic E-state index is 0.0366. The van der Waals surface area contributed by atoms with Crippen LogP contribution in [0, 0.1) is 10.1 Å². The van der Waals surface area contributed by atoms with E-state index in [4.69, 9.17) is 5.53 Å². The smallest absolute Gasteiger partial charge is 0.287 e. The molecule has 0 unspecified atom stereocenters. The molecule has 0 aliphatic heterocycles. The predicted molar refractivity (Wildman–Crippen MR) is 44.4 cm³/mol. The van der Waals surface area contributed by atoms with Crippen LogP contribution in [-0.4, -0.2) is 10.8 Å². The maximum atomic E-state index is 10.8. The molecular weight excluding hydrogens is 196 g/mol. The van der Waals surface area contributed by atoms with E-state index in [9.17, 15) is 14.9 Å². The standard InChI is InChI=1S/C5H2N4O3S/c6-8-7-5(10)3-1-4(9(11)12)13-2-3/h1-2H. The van der Waals surface area contributed by atoms with Crippen LogP contribution < -0.4 is 0 Å². The maximum absolute atomic E-state index is 10.8. The number of carbonyl (C=O) groups is 1. The van der Waals surface area contributed by atoms with Gasteiger partial charge >= 0.3 is 5.00 Å². The summed E-state index contributed by atoms with van der Waals surface area (Å²) in [5, 5.41) is 14.1. The van der Waals surface area contributed by atoms with Crippen LogP contribution in [-0.2, 0) is 0 Å². The van der Waals surface area contributed by atoms with Gasteiger partial charge in [0.05, 0.1) is 4.92 Å². The number of nitro groups is 1. The van der Waals surface area contributed by atoms with Crippen molar-refractivity contribution < 1.29 is 9.72 Å². The summed E-state index contributed by atoms with van der Waals surface area (Å²) in [6.07, 6.45) is 0. The molecule has 0 aromatic carbocycles. The third-order valence-corrected chi connectivity index (χ3v) is 2.03. The number of hydrogen-bond donors (Lipinski definition) is 0. The van der Waals surface area contributed by atoms with Gasteiger partial charge < -0.3 is 0 Å². The third-order valence-electron chi connectivity index (χ3n) is 1.15. The average Bonchev–Trinajstić information content (AvgIpc) is 2.52. The van der Waals surface area contributed by atoms with E-state index in [1.165, 1.54) is 5.38 Å². The van der Waals surface area contributed by atoms with Crippen LogP contribution in [0.3, 0.4) is 0 Å². The van der Waals surface area contributed by atoms with E-state index in [-0.39, 0.29) is 10.6 Å². The van der Waals surface area contributed by atoms with E-state index in [1.807, 2.05) is 0 Å². The summed E-state index contributed by atoms with van der Waals surface area (Å²) in [7, 11) is 0. The van der Waals surface area contributed by atoms with E-state index in [1.54, 1.807) is 0 Å². The van der Waals surface area contributed by atoms with Crippen molar-refractivity contribution in [3.8, 4) is 0 Å². The largest absolute Gasteiger partial charge is 0.324 e. The topological polar surface area (TPSA) is 109 Å². The van der Waals surface area contributed by atoms with Crippen molar-refractivity contribution in [2.45, 2.75) is 0 Å². The van der Waals surface area contributed by atoms with Gasteiger partial charge in [0, 0.05) is 21.9 Å². The van der Waals surface area contributed by atoms with Gasteiger partial charge in [-0.2, -0.15) is 0 Å². The van der Waals surface area contributed by atoms with E-state index in [0.717, 1.165) is 17.4 Å². The summed E-state index contributed by atoms with van der Waals surface area (Å²) < 4.78 is 0. The Balaban J connectivity index is 2.98. The molecule has 1 heterocycles. The monoisotopic (exact) mass is 198 g/mol. The molecule has 66 valence electrons. The van der Waals surface area contributed by atoms with E-state index in [2.05, 4.69) is 10.0 Å². The van der Waals surface area contributed by atoms with Crippen molar-refractivity contribution in [2.24, 2.45) is 5.11 Å². The van der Waals surface area contributed by atoms with Gasteiger partial charge in [0.15, 0.2) is 0 Å². The highest BCUT2D eigenvalue weighted by atomic mass is 32.1. The van der Waals surface area contributed by atoms with Crippen LogP contribution in [0.4, 0.5) is 5.00 Å². The fourth-order valence-electron chi connectivity index (χ4n) is 0.631. The number of nitrogens with zero attached hydrogens (tertiary/aromatic N) is 4. The van der Waals surface area contributed by atoms with Crippen molar-refractivity contribution in [3.63, 3.8) is 0 Å². The lowest BCUT2D eigenvalue weighted by molar-refractivity contribution is -0.380. The van der Waals surface area contributed by atoms with E-state index >= 15 is 0 Å². The number of thiophene rings is 1. The molecule has 8 heteroatoms. The lowest BCUT2D eigenvalue weighted by Gasteiger charge is -1.81. The number of azide groups is 1. The van der Waals surface area contributed by atoms with Crippen molar-refractivity contribution in [1.29, 1.82) is 0 Å². The molecule has 0 fully saturated rings.